The summed E-state index contributed by atoms with van der Waals surface area (Å²) in [4.78, 5) is 45.3. The number of nitrogens with one attached hydrogen (secondary N) is 2. The number of imide groups is 1. The number of carbonyl (C=O) groups excluding carboxylic acids is 4. The van der Waals surface area contributed by atoms with Gasteiger partial charge in [0.2, 0.25) is 0 Å². The highest BCUT2D eigenvalue weighted by Gasteiger charge is 2.30. The molecule has 1 aromatic rings. The van der Waals surface area contributed by atoms with Gasteiger partial charge >= 0.3 is 18.2 Å². The Balaban J connectivity index is 2.39. The van der Waals surface area contributed by atoms with Gasteiger partial charge < -0.3 is 14.8 Å². The minimum atomic E-state index is -4.52. The number of esters is 1. The molecule has 1 rings (SSSR count). The van der Waals surface area contributed by atoms with Crippen LogP contribution in [0.5, 0.6) is 0 Å². The summed E-state index contributed by atoms with van der Waals surface area (Å²) in [6.45, 7) is 0.193. The number of benzene rings is 1. The van der Waals surface area contributed by atoms with E-state index in [1.807, 2.05) is 0 Å². The summed E-state index contributed by atoms with van der Waals surface area (Å²) < 4.78 is 46.2. The summed E-state index contributed by atoms with van der Waals surface area (Å²) in [5.41, 5.74) is -1.01. The zero-order chi connectivity index (χ0) is 19.7. The molecule has 0 saturated carbocycles. The number of carbonyl (C=O) groups is 4. The van der Waals surface area contributed by atoms with E-state index >= 15 is 0 Å². The molecule has 0 aliphatic heterocycles. The third-order valence-corrected chi connectivity index (χ3v) is 2.75. The molecule has 3 amide bonds. The van der Waals surface area contributed by atoms with Crippen LogP contribution in [0.15, 0.2) is 24.3 Å². The van der Waals surface area contributed by atoms with Gasteiger partial charge in [0.25, 0.3) is 11.8 Å². The Kier molecular flexibility index (Phi) is 7.56. The molecule has 0 aliphatic carbocycles. The summed E-state index contributed by atoms with van der Waals surface area (Å²) >= 11 is 0. The van der Waals surface area contributed by atoms with E-state index in [0.717, 1.165) is 24.3 Å². The van der Waals surface area contributed by atoms with Crippen LogP contribution in [0.1, 0.15) is 22.8 Å². The third-order valence-electron chi connectivity index (χ3n) is 2.75. The topological polar surface area (TPSA) is 111 Å². The fourth-order valence-corrected chi connectivity index (χ4v) is 1.58. The van der Waals surface area contributed by atoms with Crippen LogP contribution >= 0.6 is 0 Å². The second-order valence-electron chi connectivity index (χ2n) is 4.69. The lowest BCUT2D eigenvalue weighted by molar-refractivity contribution is -0.147. The monoisotopic (exact) mass is 376 g/mol. The van der Waals surface area contributed by atoms with Gasteiger partial charge in [-0.25, -0.2) is 4.79 Å². The van der Waals surface area contributed by atoms with Crippen LogP contribution < -0.4 is 10.6 Å². The number of hydrogen-bond acceptors (Lipinski definition) is 6. The number of amides is 3. The van der Waals surface area contributed by atoms with Crippen molar-refractivity contribution in [2.24, 2.45) is 0 Å². The zero-order valence-electron chi connectivity index (χ0n) is 13.5. The van der Waals surface area contributed by atoms with Crippen LogP contribution in [0.25, 0.3) is 0 Å². The first-order valence-corrected chi connectivity index (χ1v) is 7.21. The Morgan fingerprint density at radius 2 is 1.65 bits per heavy atom. The van der Waals surface area contributed by atoms with Gasteiger partial charge in [0.05, 0.1) is 12.2 Å². The smallest absolute Gasteiger partial charge is 0.416 e. The molecule has 0 aliphatic rings. The number of alkyl halides is 3. The van der Waals surface area contributed by atoms with E-state index in [1.54, 1.807) is 5.32 Å². The number of halogens is 3. The van der Waals surface area contributed by atoms with Gasteiger partial charge in [0.1, 0.15) is 6.54 Å². The Hall–Kier alpha value is -3.11. The van der Waals surface area contributed by atoms with Crippen LogP contribution in [0.2, 0.25) is 0 Å². The Bertz CT molecular complexity index is 673. The third kappa shape index (κ3) is 7.20. The van der Waals surface area contributed by atoms with Gasteiger partial charge in [-0.3, -0.25) is 19.7 Å². The van der Waals surface area contributed by atoms with Crippen LogP contribution in [0, 0.1) is 0 Å². The first-order chi connectivity index (χ1) is 12.1. The number of hydrogen-bond donors (Lipinski definition) is 2. The molecule has 0 fully saturated rings. The Morgan fingerprint density at radius 1 is 1.04 bits per heavy atom. The molecular formula is C15H15F3N2O6. The van der Waals surface area contributed by atoms with Crippen molar-refractivity contribution in [2.75, 3.05) is 19.8 Å². The number of rotatable bonds is 6. The maximum atomic E-state index is 12.4. The first kappa shape index (κ1) is 20.9. The van der Waals surface area contributed by atoms with Crippen molar-refractivity contribution >= 4 is 23.9 Å². The zero-order valence-corrected chi connectivity index (χ0v) is 13.5. The van der Waals surface area contributed by atoms with Crippen LogP contribution in [0.4, 0.5) is 18.0 Å². The fraction of sp³-hybridized carbons (Fsp3) is 0.333. The summed E-state index contributed by atoms with van der Waals surface area (Å²) in [6, 6.07) is 3.37. The van der Waals surface area contributed by atoms with Crippen molar-refractivity contribution in [3.63, 3.8) is 0 Å². The van der Waals surface area contributed by atoms with Crippen LogP contribution in [-0.4, -0.2) is 43.6 Å². The summed E-state index contributed by atoms with van der Waals surface area (Å²) in [5.74, 6) is -2.71. The molecule has 11 heteroatoms. The molecule has 0 unspecified atom stereocenters. The van der Waals surface area contributed by atoms with Crippen molar-refractivity contribution in [1.82, 2.24) is 10.6 Å². The highest BCUT2D eigenvalue weighted by atomic mass is 19.4. The lowest BCUT2D eigenvalue weighted by Gasteiger charge is -2.08. The van der Waals surface area contributed by atoms with Gasteiger partial charge in [0, 0.05) is 5.56 Å². The second kappa shape index (κ2) is 9.39. The molecule has 0 atom stereocenters. The fourth-order valence-electron chi connectivity index (χ4n) is 1.58. The molecule has 0 heterocycles. The number of alkyl carbamates (subject to hydrolysis) is 1. The van der Waals surface area contributed by atoms with E-state index in [0.29, 0.717) is 0 Å². The summed E-state index contributed by atoms with van der Waals surface area (Å²) in [6.07, 6.45) is -5.52. The average Bonchev–Trinajstić information content (AvgIpc) is 2.57. The predicted octanol–water partition coefficient (Wildman–Crippen LogP) is 1.25. The second-order valence-corrected chi connectivity index (χ2v) is 4.69. The summed E-state index contributed by atoms with van der Waals surface area (Å²) in [5, 5.41) is 3.91. The van der Waals surface area contributed by atoms with Gasteiger partial charge in [-0.15, -0.1) is 0 Å². The quantitative estimate of drug-likeness (QED) is 0.723. The minimum absolute atomic E-state index is 0.0505. The lowest BCUT2D eigenvalue weighted by atomic mass is 10.1. The molecule has 0 spiro atoms. The molecule has 1 aromatic carbocycles. The summed E-state index contributed by atoms with van der Waals surface area (Å²) in [7, 11) is 0. The molecule has 26 heavy (non-hydrogen) atoms. The molecule has 0 aromatic heterocycles. The molecule has 0 bridgehead atoms. The normalized spacial score (nSPS) is 10.6. The molecule has 142 valence electrons. The van der Waals surface area contributed by atoms with Crippen molar-refractivity contribution in [3.8, 4) is 0 Å². The number of ether oxygens (including phenoxy) is 2. The van der Waals surface area contributed by atoms with Crippen molar-refractivity contribution in [3.05, 3.63) is 35.4 Å². The lowest BCUT2D eigenvalue weighted by Crippen LogP contribution is -2.36. The minimum Gasteiger partial charge on any atom is -0.454 e. The van der Waals surface area contributed by atoms with Crippen molar-refractivity contribution in [1.29, 1.82) is 0 Å². The largest absolute Gasteiger partial charge is 0.454 e. The van der Waals surface area contributed by atoms with E-state index in [9.17, 15) is 32.3 Å². The van der Waals surface area contributed by atoms with E-state index in [1.165, 1.54) is 6.92 Å². The highest BCUT2D eigenvalue weighted by molar-refractivity contribution is 5.96. The highest BCUT2D eigenvalue weighted by Crippen LogP contribution is 2.28. The first-order valence-electron chi connectivity index (χ1n) is 7.21. The van der Waals surface area contributed by atoms with Gasteiger partial charge in [-0.05, 0) is 31.2 Å². The maximum absolute atomic E-state index is 12.4. The average molecular weight is 376 g/mol. The molecule has 2 N–H and O–H groups in total. The standard InChI is InChI=1S/C15H15F3N2O6/c1-2-25-14(24)20-11(21)8-26-12(22)7-19-13(23)9-3-5-10(6-4-9)15(16,17)18/h3-6H,2,7-8H2,1H3,(H,19,23)(H,20,21,24). The molecule has 0 saturated heterocycles. The van der Waals surface area contributed by atoms with Gasteiger partial charge in [0.15, 0.2) is 6.61 Å². The van der Waals surface area contributed by atoms with Crippen molar-refractivity contribution in [2.45, 2.75) is 13.1 Å². The van der Waals surface area contributed by atoms with Crippen LogP contribution in [0.3, 0.4) is 0 Å². The molecular weight excluding hydrogens is 361 g/mol. The SMILES string of the molecule is CCOC(=O)NC(=O)COC(=O)CNC(=O)c1ccc(C(F)(F)F)cc1. The van der Waals surface area contributed by atoms with Crippen LogP contribution in [-0.2, 0) is 25.2 Å². The van der Waals surface area contributed by atoms with Crippen molar-refractivity contribution < 1.29 is 41.8 Å². The van der Waals surface area contributed by atoms with E-state index in [2.05, 4.69) is 14.8 Å². The predicted molar refractivity (Wildman–Crippen MR) is 79.9 cm³/mol. The van der Waals surface area contributed by atoms with E-state index < -0.39 is 48.8 Å². The molecule has 8 nitrogen and oxygen atoms in total. The van der Waals surface area contributed by atoms with E-state index in [-0.39, 0.29) is 12.2 Å². The maximum Gasteiger partial charge on any atom is 0.416 e. The molecule has 0 radical (unpaired) electrons. The Labute approximate surface area is 145 Å². The van der Waals surface area contributed by atoms with E-state index in [4.69, 9.17) is 0 Å². The van der Waals surface area contributed by atoms with Gasteiger partial charge in [-0.1, -0.05) is 0 Å². The Morgan fingerprint density at radius 3 is 2.19 bits per heavy atom. The van der Waals surface area contributed by atoms with Gasteiger partial charge in [-0.2, -0.15) is 13.2 Å².